The molecule has 0 radical (unpaired) electrons. The van der Waals surface area contributed by atoms with Crippen LogP contribution in [0.5, 0.6) is 5.88 Å². The van der Waals surface area contributed by atoms with Gasteiger partial charge in [-0.2, -0.15) is 0 Å². The number of rotatable bonds is 5. The largest absolute Gasteiger partial charge is 0.479 e. The van der Waals surface area contributed by atoms with Gasteiger partial charge in [0.05, 0.1) is 20.3 Å². The number of piperazine rings is 1. The molecular formula is C15H23N5O5. The molecule has 1 aliphatic rings. The lowest BCUT2D eigenvalue weighted by molar-refractivity contribution is -0.131. The van der Waals surface area contributed by atoms with Crippen molar-refractivity contribution in [1.29, 1.82) is 0 Å². The maximum absolute atomic E-state index is 12.2. The number of nitrogens with zero attached hydrogens (tertiary/aromatic N) is 4. The highest BCUT2D eigenvalue weighted by Gasteiger charge is 2.25. The highest BCUT2D eigenvalue weighted by Crippen LogP contribution is 2.14. The number of aryl methyl sites for hydroxylation is 1. The Labute approximate surface area is 145 Å². The number of hydrogen-bond donors (Lipinski definition) is 1. The molecule has 1 aromatic rings. The Kier molecular flexibility index (Phi) is 6.20. The molecule has 0 saturated carbocycles. The zero-order valence-corrected chi connectivity index (χ0v) is 14.7. The molecule has 1 N–H and O–H groups in total. The fraction of sp³-hybridized carbons (Fsp3) is 0.600. The Bertz CT molecular complexity index is 636. The number of aromatic nitrogens is 2. The number of carbonyl (C=O) groups excluding carboxylic acids is 3. The van der Waals surface area contributed by atoms with Crippen LogP contribution in [0.2, 0.25) is 0 Å². The predicted octanol–water partition coefficient (Wildman–Crippen LogP) is -0.541. The van der Waals surface area contributed by atoms with Crippen LogP contribution in [0, 0.1) is 0 Å². The van der Waals surface area contributed by atoms with Gasteiger partial charge in [0.1, 0.15) is 5.56 Å². The summed E-state index contributed by atoms with van der Waals surface area (Å²) in [4.78, 5) is 39.2. The zero-order chi connectivity index (χ0) is 18.4. The number of ether oxygens (including phenoxy) is 2. The van der Waals surface area contributed by atoms with E-state index in [0.29, 0.717) is 32.8 Å². The Morgan fingerprint density at radius 2 is 1.84 bits per heavy atom. The predicted molar refractivity (Wildman–Crippen MR) is 87.3 cm³/mol. The standard InChI is InChI=1S/C15H23N5O5/c1-4-25-15(23)20-7-5-19(6-8-20)12(21)9-16-13(22)11-10-18(2)17-14(11)24-3/h10H,4-9H2,1-3H3,(H,16,22). The van der Waals surface area contributed by atoms with E-state index >= 15 is 0 Å². The van der Waals surface area contributed by atoms with E-state index in [2.05, 4.69) is 10.4 Å². The lowest BCUT2D eigenvalue weighted by Gasteiger charge is -2.34. The Hall–Kier alpha value is -2.78. The molecule has 1 aliphatic heterocycles. The third-order valence-corrected chi connectivity index (χ3v) is 3.79. The molecule has 0 aromatic carbocycles. The second-order valence-electron chi connectivity index (χ2n) is 5.48. The third kappa shape index (κ3) is 4.61. The van der Waals surface area contributed by atoms with E-state index in [1.807, 2.05) is 0 Å². The van der Waals surface area contributed by atoms with E-state index in [1.165, 1.54) is 18.0 Å². The highest BCUT2D eigenvalue weighted by atomic mass is 16.6. The number of nitrogens with one attached hydrogen (secondary N) is 1. The van der Waals surface area contributed by atoms with Crippen molar-refractivity contribution in [3.05, 3.63) is 11.8 Å². The molecule has 2 rings (SSSR count). The average molecular weight is 353 g/mol. The van der Waals surface area contributed by atoms with Crippen molar-refractivity contribution in [3.8, 4) is 5.88 Å². The third-order valence-electron chi connectivity index (χ3n) is 3.79. The van der Waals surface area contributed by atoms with Crippen LogP contribution in [0.3, 0.4) is 0 Å². The zero-order valence-electron chi connectivity index (χ0n) is 14.7. The summed E-state index contributed by atoms with van der Waals surface area (Å²) in [5.41, 5.74) is 0.268. The Balaban J connectivity index is 1.81. The number of methoxy groups -OCH3 is 1. The smallest absolute Gasteiger partial charge is 0.409 e. The number of amides is 3. The van der Waals surface area contributed by atoms with Crippen molar-refractivity contribution in [2.75, 3.05) is 46.4 Å². The van der Waals surface area contributed by atoms with E-state index in [1.54, 1.807) is 23.8 Å². The molecule has 3 amide bonds. The van der Waals surface area contributed by atoms with Crippen LogP contribution in [0.1, 0.15) is 17.3 Å². The van der Waals surface area contributed by atoms with Gasteiger partial charge in [0, 0.05) is 39.4 Å². The average Bonchev–Trinajstić information content (AvgIpc) is 3.00. The molecule has 0 atom stereocenters. The minimum atomic E-state index is -0.427. The molecule has 10 nitrogen and oxygen atoms in total. The Morgan fingerprint density at radius 3 is 2.44 bits per heavy atom. The molecule has 138 valence electrons. The van der Waals surface area contributed by atoms with Crippen LogP contribution >= 0.6 is 0 Å². The summed E-state index contributed by atoms with van der Waals surface area (Å²) in [6, 6.07) is 0. The van der Waals surface area contributed by atoms with Crippen molar-refractivity contribution in [1.82, 2.24) is 24.9 Å². The van der Waals surface area contributed by atoms with Crippen LogP contribution in [0.15, 0.2) is 6.20 Å². The van der Waals surface area contributed by atoms with E-state index in [9.17, 15) is 14.4 Å². The van der Waals surface area contributed by atoms with Gasteiger partial charge in [0.25, 0.3) is 5.91 Å². The fourth-order valence-electron chi connectivity index (χ4n) is 2.49. The Morgan fingerprint density at radius 1 is 1.20 bits per heavy atom. The monoisotopic (exact) mass is 353 g/mol. The molecule has 1 fully saturated rings. The first-order valence-electron chi connectivity index (χ1n) is 8.01. The van der Waals surface area contributed by atoms with Gasteiger partial charge in [0.15, 0.2) is 0 Å². The maximum atomic E-state index is 12.2. The van der Waals surface area contributed by atoms with E-state index in [4.69, 9.17) is 9.47 Å². The molecule has 25 heavy (non-hydrogen) atoms. The minimum Gasteiger partial charge on any atom is -0.479 e. The topological polar surface area (TPSA) is 106 Å². The van der Waals surface area contributed by atoms with Crippen molar-refractivity contribution in [2.45, 2.75) is 6.92 Å². The van der Waals surface area contributed by atoms with Gasteiger partial charge in [-0.15, -0.1) is 5.10 Å². The SMILES string of the molecule is CCOC(=O)N1CCN(C(=O)CNC(=O)c2cn(C)nc2OC)CC1. The van der Waals surface area contributed by atoms with Crippen LogP contribution < -0.4 is 10.1 Å². The van der Waals surface area contributed by atoms with Crippen molar-refractivity contribution in [3.63, 3.8) is 0 Å². The summed E-state index contributed by atoms with van der Waals surface area (Å²) < 4.78 is 11.4. The van der Waals surface area contributed by atoms with Crippen LogP contribution in [0.25, 0.3) is 0 Å². The normalized spacial score (nSPS) is 14.2. The van der Waals surface area contributed by atoms with Gasteiger partial charge in [-0.25, -0.2) is 4.79 Å². The lowest BCUT2D eigenvalue weighted by atomic mass is 10.3. The molecule has 0 aliphatic carbocycles. The molecule has 2 heterocycles. The summed E-state index contributed by atoms with van der Waals surface area (Å²) in [6.07, 6.45) is 1.16. The summed E-state index contributed by atoms with van der Waals surface area (Å²) in [6.45, 7) is 3.58. The van der Waals surface area contributed by atoms with Gasteiger partial charge >= 0.3 is 6.09 Å². The van der Waals surface area contributed by atoms with Gasteiger partial charge in [0.2, 0.25) is 11.8 Å². The molecule has 1 saturated heterocycles. The molecule has 1 aromatic heterocycles. The highest BCUT2D eigenvalue weighted by molar-refractivity contribution is 5.98. The second kappa shape index (κ2) is 8.36. The lowest BCUT2D eigenvalue weighted by Crippen LogP contribution is -2.52. The first-order chi connectivity index (χ1) is 12.0. The van der Waals surface area contributed by atoms with Crippen molar-refractivity contribution in [2.24, 2.45) is 7.05 Å². The second-order valence-corrected chi connectivity index (χ2v) is 5.48. The van der Waals surface area contributed by atoms with Crippen LogP contribution in [-0.4, -0.2) is 83.9 Å². The number of carbonyl (C=O) groups is 3. The summed E-state index contributed by atoms with van der Waals surface area (Å²) in [5, 5.41) is 6.57. The van der Waals surface area contributed by atoms with Crippen LogP contribution in [-0.2, 0) is 16.6 Å². The van der Waals surface area contributed by atoms with Crippen molar-refractivity contribution < 1.29 is 23.9 Å². The summed E-state index contributed by atoms with van der Waals surface area (Å²) in [7, 11) is 3.10. The fourth-order valence-corrected chi connectivity index (χ4v) is 2.49. The minimum absolute atomic E-state index is 0.129. The summed E-state index contributed by atoms with van der Waals surface area (Å²) in [5.74, 6) is -0.432. The first kappa shape index (κ1) is 18.6. The van der Waals surface area contributed by atoms with E-state index in [0.717, 1.165) is 0 Å². The van der Waals surface area contributed by atoms with Gasteiger partial charge in [-0.05, 0) is 6.92 Å². The van der Waals surface area contributed by atoms with Gasteiger partial charge in [-0.3, -0.25) is 14.3 Å². The van der Waals surface area contributed by atoms with Crippen LogP contribution in [0.4, 0.5) is 4.79 Å². The van der Waals surface area contributed by atoms with E-state index < -0.39 is 5.91 Å². The van der Waals surface area contributed by atoms with Gasteiger partial charge < -0.3 is 24.6 Å². The molecule has 0 bridgehead atoms. The molecular weight excluding hydrogens is 330 g/mol. The first-order valence-corrected chi connectivity index (χ1v) is 8.01. The number of hydrogen-bond acceptors (Lipinski definition) is 6. The summed E-state index contributed by atoms with van der Waals surface area (Å²) >= 11 is 0. The van der Waals surface area contributed by atoms with E-state index in [-0.39, 0.29) is 30.0 Å². The van der Waals surface area contributed by atoms with Crippen molar-refractivity contribution >= 4 is 17.9 Å². The molecule has 0 spiro atoms. The molecule has 0 unspecified atom stereocenters. The quantitative estimate of drug-likeness (QED) is 0.762. The molecule has 10 heteroatoms. The maximum Gasteiger partial charge on any atom is 0.409 e. The van der Waals surface area contributed by atoms with Gasteiger partial charge in [-0.1, -0.05) is 0 Å².